The number of hydrogen-bond donors (Lipinski definition) is 2. The number of amidine groups is 1. The van der Waals surface area contributed by atoms with Gasteiger partial charge in [0.25, 0.3) is 10.0 Å². The van der Waals surface area contributed by atoms with Gasteiger partial charge < -0.3 is 10.6 Å². The molecule has 2 amide bonds. The van der Waals surface area contributed by atoms with E-state index in [1.165, 1.54) is 38.2 Å². The number of benzene rings is 2. The Kier molecular flexibility index (Phi) is 5.38. The summed E-state index contributed by atoms with van der Waals surface area (Å²) in [7, 11) is -2.39. The minimum Gasteiger partial charge on any atom is -0.368 e. The molecule has 0 spiro atoms. The molecule has 3 N–H and O–H groups in total. The predicted octanol–water partition coefficient (Wildman–Crippen LogP) is 0.938. The SMILES string of the molecule is C[C@H](N=C1NS(=O)(=O)c2ccccc21)C(=O)N(C)C(C(N)=O)c1cccc(F)c1. The van der Waals surface area contributed by atoms with Gasteiger partial charge in [-0.25, -0.2) is 12.8 Å². The molecule has 29 heavy (non-hydrogen) atoms. The Morgan fingerprint density at radius 1 is 1.17 bits per heavy atom. The number of nitrogens with one attached hydrogen (secondary N) is 1. The van der Waals surface area contributed by atoms with Gasteiger partial charge in [-0.15, -0.1) is 0 Å². The topological polar surface area (TPSA) is 122 Å². The number of primary amides is 1. The van der Waals surface area contributed by atoms with Gasteiger partial charge in [-0.2, -0.15) is 0 Å². The fourth-order valence-electron chi connectivity index (χ4n) is 3.16. The second kappa shape index (κ2) is 7.63. The van der Waals surface area contributed by atoms with Gasteiger partial charge in [0.1, 0.15) is 23.7 Å². The number of halogens is 1. The predicted molar refractivity (Wildman–Crippen MR) is 104 cm³/mol. The van der Waals surface area contributed by atoms with E-state index >= 15 is 0 Å². The quantitative estimate of drug-likeness (QED) is 0.750. The van der Waals surface area contributed by atoms with Gasteiger partial charge in [0, 0.05) is 12.6 Å². The molecule has 0 bridgehead atoms. The van der Waals surface area contributed by atoms with Crippen LogP contribution in [0.25, 0.3) is 0 Å². The molecule has 2 atom stereocenters. The summed E-state index contributed by atoms with van der Waals surface area (Å²) in [6.45, 7) is 1.46. The van der Waals surface area contributed by atoms with Crippen LogP contribution in [-0.2, 0) is 19.6 Å². The number of sulfonamides is 1. The Bertz CT molecular complexity index is 1120. The fraction of sp³-hybridized carbons (Fsp3) is 0.211. The highest BCUT2D eigenvalue weighted by Crippen LogP contribution is 2.24. The first-order valence-corrected chi connectivity index (χ1v) is 10.1. The number of carbonyl (C=O) groups excluding carboxylic acids is 2. The van der Waals surface area contributed by atoms with Gasteiger partial charge in [0.2, 0.25) is 11.8 Å². The van der Waals surface area contributed by atoms with Crippen LogP contribution >= 0.6 is 0 Å². The van der Waals surface area contributed by atoms with Crippen molar-refractivity contribution in [1.82, 2.24) is 9.62 Å². The van der Waals surface area contributed by atoms with Gasteiger partial charge in [-0.05, 0) is 36.8 Å². The number of amides is 2. The molecule has 0 fully saturated rings. The molecular weight excluding hydrogens is 399 g/mol. The summed E-state index contributed by atoms with van der Waals surface area (Å²) in [5, 5.41) is 0. The van der Waals surface area contributed by atoms with Crippen molar-refractivity contribution in [2.75, 3.05) is 7.05 Å². The Morgan fingerprint density at radius 2 is 1.86 bits per heavy atom. The highest BCUT2D eigenvalue weighted by molar-refractivity contribution is 7.90. The number of nitrogens with two attached hydrogens (primary N) is 1. The normalized spacial score (nSPS) is 17.8. The zero-order valence-corrected chi connectivity index (χ0v) is 16.5. The number of nitrogens with zero attached hydrogens (tertiary/aromatic N) is 2. The minimum absolute atomic E-state index is 0.0382. The molecule has 3 rings (SSSR count). The van der Waals surface area contributed by atoms with Gasteiger partial charge in [-0.3, -0.25) is 19.3 Å². The van der Waals surface area contributed by atoms with E-state index in [0.29, 0.717) is 5.56 Å². The summed E-state index contributed by atoms with van der Waals surface area (Å²) in [6, 6.07) is 9.25. The smallest absolute Gasteiger partial charge is 0.263 e. The maximum absolute atomic E-state index is 13.6. The van der Waals surface area contributed by atoms with E-state index in [1.807, 2.05) is 0 Å². The number of likely N-dealkylation sites (N-methyl/N-ethyl adjacent to an activating group) is 1. The maximum atomic E-state index is 13.6. The molecule has 1 heterocycles. The molecule has 1 aliphatic rings. The highest BCUT2D eigenvalue weighted by Gasteiger charge is 2.33. The molecule has 8 nitrogen and oxygen atoms in total. The fourth-order valence-corrected chi connectivity index (χ4v) is 4.40. The van der Waals surface area contributed by atoms with Crippen LogP contribution in [0.5, 0.6) is 0 Å². The molecule has 2 aromatic rings. The molecular formula is C19H19FN4O4S. The molecule has 0 radical (unpaired) electrons. The molecule has 0 saturated carbocycles. The Hall–Kier alpha value is -3.27. The molecule has 2 aromatic carbocycles. The van der Waals surface area contributed by atoms with E-state index in [2.05, 4.69) is 9.71 Å². The van der Waals surface area contributed by atoms with Gasteiger partial charge in [-0.1, -0.05) is 24.3 Å². The molecule has 0 aromatic heterocycles. The van der Waals surface area contributed by atoms with E-state index in [9.17, 15) is 22.4 Å². The summed E-state index contributed by atoms with van der Waals surface area (Å²) < 4.78 is 40.2. The van der Waals surface area contributed by atoms with Crippen molar-refractivity contribution in [3.63, 3.8) is 0 Å². The van der Waals surface area contributed by atoms with Crippen molar-refractivity contribution in [3.8, 4) is 0 Å². The molecule has 0 saturated heterocycles. The van der Waals surface area contributed by atoms with E-state index in [1.54, 1.807) is 18.2 Å². The van der Waals surface area contributed by atoms with Crippen molar-refractivity contribution in [1.29, 1.82) is 0 Å². The van der Waals surface area contributed by atoms with Crippen molar-refractivity contribution in [2.24, 2.45) is 10.7 Å². The van der Waals surface area contributed by atoms with Crippen LogP contribution in [0.15, 0.2) is 58.4 Å². The zero-order valence-electron chi connectivity index (χ0n) is 15.7. The van der Waals surface area contributed by atoms with Crippen LogP contribution in [0.3, 0.4) is 0 Å². The summed E-state index contributed by atoms with van der Waals surface area (Å²) in [4.78, 5) is 30.1. The lowest BCUT2D eigenvalue weighted by molar-refractivity contribution is -0.138. The van der Waals surface area contributed by atoms with Gasteiger partial charge >= 0.3 is 0 Å². The Balaban J connectivity index is 1.90. The average Bonchev–Trinajstić information content (AvgIpc) is 2.91. The number of aliphatic imine (C=N–C) groups is 1. The van der Waals surface area contributed by atoms with E-state index in [4.69, 9.17) is 5.73 Å². The lowest BCUT2D eigenvalue weighted by Crippen LogP contribution is -2.43. The number of carbonyl (C=O) groups is 2. The third-order valence-electron chi connectivity index (χ3n) is 4.51. The lowest BCUT2D eigenvalue weighted by Gasteiger charge is -2.27. The number of fused-ring (bicyclic) bond motifs is 1. The van der Waals surface area contributed by atoms with Crippen LogP contribution in [0.4, 0.5) is 4.39 Å². The zero-order chi connectivity index (χ0) is 21.3. The first-order valence-electron chi connectivity index (χ1n) is 8.63. The lowest BCUT2D eigenvalue weighted by atomic mass is 10.0. The van der Waals surface area contributed by atoms with Crippen molar-refractivity contribution >= 4 is 27.7 Å². The van der Waals surface area contributed by atoms with Crippen molar-refractivity contribution < 1.29 is 22.4 Å². The summed E-state index contributed by atoms with van der Waals surface area (Å²) in [6.07, 6.45) is 0. The summed E-state index contributed by atoms with van der Waals surface area (Å²) in [5.74, 6) is -1.96. The van der Waals surface area contributed by atoms with Crippen LogP contribution in [0.1, 0.15) is 24.1 Å². The van der Waals surface area contributed by atoms with Crippen LogP contribution in [0.2, 0.25) is 0 Å². The minimum atomic E-state index is -3.75. The second-order valence-corrected chi connectivity index (χ2v) is 8.22. The first-order chi connectivity index (χ1) is 13.6. The van der Waals surface area contributed by atoms with Crippen LogP contribution in [0, 0.1) is 5.82 Å². The third-order valence-corrected chi connectivity index (χ3v) is 5.91. The first kappa shape index (κ1) is 20.5. The number of rotatable bonds is 5. The number of hydrogen-bond acceptors (Lipinski definition) is 5. The Labute approximate surface area is 167 Å². The molecule has 10 heteroatoms. The van der Waals surface area contributed by atoms with Crippen LogP contribution < -0.4 is 10.5 Å². The monoisotopic (exact) mass is 418 g/mol. The van der Waals surface area contributed by atoms with E-state index < -0.39 is 39.7 Å². The highest BCUT2D eigenvalue weighted by atomic mass is 32.2. The van der Waals surface area contributed by atoms with Gasteiger partial charge in [0.05, 0.1) is 4.90 Å². The van der Waals surface area contributed by atoms with E-state index in [0.717, 1.165) is 11.0 Å². The third kappa shape index (κ3) is 3.97. The average molecular weight is 418 g/mol. The largest absolute Gasteiger partial charge is 0.368 e. The molecule has 1 unspecified atom stereocenters. The molecule has 152 valence electrons. The summed E-state index contributed by atoms with van der Waals surface area (Å²) in [5.41, 5.74) is 6.01. The Morgan fingerprint density at radius 3 is 2.52 bits per heavy atom. The summed E-state index contributed by atoms with van der Waals surface area (Å²) >= 11 is 0. The van der Waals surface area contributed by atoms with Crippen molar-refractivity contribution in [2.45, 2.75) is 23.9 Å². The van der Waals surface area contributed by atoms with Gasteiger partial charge in [0.15, 0.2) is 0 Å². The maximum Gasteiger partial charge on any atom is 0.263 e. The van der Waals surface area contributed by atoms with Crippen LogP contribution in [-0.4, -0.2) is 44.1 Å². The second-order valence-electron chi connectivity index (χ2n) is 6.56. The van der Waals surface area contributed by atoms with Crippen molar-refractivity contribution in [3.05, 3.63) is 65.5 Å². The molecule has 1 aliphatic heterocycles. The molecule has 0 aliphatic carbocycles. The standard InChI is InChI=1S/C19H19FN4O4S/c1-11(22-18-14-8-3-4-9-15(14)29(27,28)23-18)19(26)24(2)16(17(21)25)12-6-5-7-13(20)10-12/h3-11,16H,1-2H3,(H2,21,25)(H,22,23)/t11-,16?/m0/s1. The van der Waals surface area contributed by atoms with E-state index in [-0.39, 0.29) is 16.3 Å².